The number of aryl methyl sites for hydroxylation is 1. The van der Waals surface area contributed by atoms with Crippen molar-refractivity contribution in [2.75, 3.05) is 13.1 Å². The minimum absolute atomic E-state index is 0.373. The van der Waals surface area contributed by atoms with Crippen LogP contribution < -0.4 is 5.32 Å². The molecule has 0 spiro atoms. The quantitative estimate of drug-likeness (QED) is 0.839. The van der Waals surface area contributed by atoms with Gasteiger partial charge in [-0.05, 0) is 38.8 Å². The molecule has 2 rings (SSSR count). The van der Waals surface area contributed by atoms with E-state index in [1.807, 2.05) is 6.92 Å². The highest BCUT2D eigenvalue weighted by atomic mass is 16.3. The van der Waals surface area contributed by atoms with E-state index in [4.69, 9.17) is 0 Å². The van der Waals surface area contributed by atoms with E-state index in [2.05, 4.69) is 36.5 Å². The van der Waals surface area contributed by atoms with Gasteiger partial charge in [-0.3, -0.25) is 0 Å². The van der Waals surface area contributed by atoms with Crippen molar-refractivity contribution in [1.82, 2.24) is 5.32 Å². The van der Waals surface area contributed by atoms with Crippen LogP contribution in [0.1, 0.15) is 30.9 Å². The van der Waals surface area contributed by atoms with Crippen molar-refractivity contribution < 1.29 is 5.11 Å². The molecule has 1 aliphatic rings. The molecule has 2 atom stereocenters. The van der Waals surface area contributed by atoms with Crippen molar-refractivity contribution in [3.63, 3.8) is 0 Å². The maximum absolute atomic E-state index is 10.6. The van der Waals surface area contributed by atoms with E-state index in [0.29, 0.717) is 5.92 Å². The lowest BCUT2D eigenvalue weighted by atomic mass is 9.79. The molecule has 1 saturated heterocycles. The van der Waals surface area contributed by atoms with Crippen LogP contribution in [-0.2, 0) is 6.42 Å². The van der Waals surface area contributed by atoms with E-state index in [9.17, 15) is 5.11 Å². The number of benzene rings is 1. The number of rotatable bonds is 3. The first kappa shape index (κ1) is 12.6. The van der Waals surface area contributed by atoms with Crippen molar-refractivity contribution in [3.8, 4) is 0 Å². The molecular formula is C15H23NO. The maximum Gasteiger partial charge on any atom is 0.0700 e. The normalized spacial score (nSPS) is 24.3. The van der Waals surface area contributed by atoms with E-state index in [-0.39, 0.29) is 0 Å². The fourth-order valence-corrected chi connectivity index (χ4v) is 2.65. The second-order valence-corrected chi connectivity index (χ2v) is 5.56. The molecule has 2 nitrogen and oxygen atoms in total. The van der Waals surface area contributed by atoms with Crippen LogP contribution in [0.3, 0.4) is 0 Å². The van der Waals surface area contributed by atoms with Gasteiger partial charge in [0.1, 0.15) is 0 Å². The predicted octanol–water partition coefficient (Wildman–Crippen LogP) is 2.29. The van der Waals surface area contributed by atoms with Crippen molar-refractivity contribution in [2.24, 2.45) is 5.92 Å². The number of hydrogen-bond acceptors (Lipinski definition) is 2. The second kappa shape index (κ2) is 5.19. The summed E-state index contributed by atoms with van der Waals surface area (Å²) in [5.41, 5.74) is 1.90. The Morgan fingerprint density at radius 3 is 2.65 bits per heavy atom. The third-order valence-electron chi connectivity index (χ3n) is 3.86. The number of piperidine rings is 1. The Balaban J connectivity index is 2.02. The Hall–Kier alpha value is -0.860. The Bertz CT molecular complexity index is 350. The van der Waals surface area contributed by atoms with Crippen molar-refractivity contribution in [1.29, 1.82) is 0 Å². The van der Waals surface area contributed by atoms with Crippen LogP contribution >= 0.6 is 0 Å². The summed E-state index contributed by atoms with van der Waals surface area (Å²) in [7, 11) is 0. The highest BCUT2D eigenvalue weighted by Gasteiger charge is 2.32. The summed E-state index contributed by atoms with van der Waals surface area (Å²) in [6.45, 7) is 6.10. The Morgan fingerprint density at radius 2 is 2.06 bits per heavy atom. The first-order chi connectivity index (χ1) is 8.08. The van der Waals surface area contributed by atoms with Crippen LogP contribution in [-0.4, -0.2) is 23.8 Å². The maximum atomic E-state index is 10.6. The van der Waals surface area contributed by atoms with Crippen molar-refractivity contribution in [3.05, 3.63) is 35.4 Å². The molecule has 1 heterocycles. The van der Waals surface area contributed by atoms with Gasteiger partial charge in [-0.2, -0.15) is 0 Å². The van der Waals surface area contributed by atoms with Gasteiger partial charge in [-0.1, -0.05) is 29.8 Å². The van der Waals surface area contributed by atoms with Crippen LogP contribution in [0.2, 0.25) is 0 Å². The van der Waals surface area contributed by atoms with Crippen LogP contribution in [0.5, 0.6) is 0 Å². The summed E-state index contributed by atoms with van der Waals surface area (Å²) in [5, 5.41) is 14.0. The summed E-state index contributed by atoms with van der Waals surface area (Å²) in [5.74, 6) is 0.373. The summed E-state index contributed by atoms with van der Waals surface area (Å²) < 4.78 is 0. The summed E-state index contributed by atoms with van der Waals surface area (Å²) >= 11 is 0. The molecule has 17 heavy (non-hydrogen) atoms. The highest BCUT2D eigenvalue weighted by Crippen LogP contribution is 2.27. The Labute approximate surface area is 104 Å². The van der Waals surface area contributed by atoms with Gasteiger partial charge in [0.15, 0.2) is 0 Å². The molecule has 0 aliphatic carbocycles. The molecule has 0 amide bonds. The molecule has 2 heteroatoms. The average Bonchev–Trinajstić information content (AvgIpc) is 2.33. The van der Waals surface area contributed by atoms with E-state index < -0.39 is 5.60 Å². The van der Waals surface area contributed by atoms with Crippen LogP contribution in [0.25, 0.3) is 0 Å². The number of hydrogen-bond donors (Lipinski definition) is 2. The summed E-state index contributed by atoms with van der Waals surface area (Å²) in [6.07, 6.45) is 3.06. The third kappa shape index (κ3) is 3.30. The standard InChI is InChI=1S/C15H23NO/c1-12-5-7-13(8-6-12)10-15(2,17)14-4-3-9-16-11-14/h5-8,14,16-17H,3-4,9-11H2,1-2H3. The lowest BCUT2D eigenvalue weighted by Gasteiger charge is -2.36. The second-order valence-electron chi connectivity index (χ2n) is 5.56. The fourth-order valence-electron chi connectivity index (χ4n) is 2.65. The highest BCUT2D eigenvalue weighted by molar-refractivity contribution is 5.22. The molecular weight excluding hydrogens is 210 g/mol. The van der Waals surface area contributed by atoms with E-state index >= 15 is 0 Å². The first-order valence-corrected chi connectivity index (χ1v) is 6.56. The van der Waals surface area contributed by atoms with Gasteiger partial charge in [0.25, 0.3) is 0 Å². The number of aliphatic hydroxyl groups is 1. The van der Waals surface area contributed by atoms with Gasteiger partial charge in [0, 0.05) is 18.9 Å². The third-order valence-corrected chi connectivity index (χ3v) is 3.86. The lowest BCUT2D eigenvalue weighted by molar-refractivity contribution is -0.0102. The first-order valence-electron chi connectivity index (χ1n) is 6.56. The molecule has 94 valence electrons. The van der Waals surface area contributed by atoms with E-state index in [1.54, 1.807) is 0 Å². The van der Waals surface area contributed by atoms with E-state index in [1.165, 1.54) is 17.5 Å². The Morgan fingerprint density at radius 1 is 1.35 bits per heavy atom. The molecule has 0 radical (unpaired) electrons. The van der Waals surface area contributed by atoms with Gasteiger partial charge < -0.3 is 10.4 Å². The topological polar surface area (TPSA) is 32.3 Å². The fraction of sp³-hybridized carbons (Fsp3) is 0.600. The molecule has 0 bridgehead atoms. The minimum Gasteiger partial charge on any atom is -0.389 e. The minimum atomic E-state index is -0.595. The average molecular weight is 233 g/mol. The smallest absolute Gasteiger partial charge is 0.0700 e. The van der Waals surface area contributed by atoms with Gasteiger partial charge in [0.2, 0.25) is 0 Å². The monoisotopic (exact) mass is 233 g/mol. The molecule has 1 aliphatic heterocycles. The zero-order valence-electron chi connectivity index (χ0n) is 10.9. The SMILES string of the molecule is Cc1ccc(CC(C)(O)C2CCCNC2)cc1. The van der Waals surface area contributed by atoms with Gasteiger partial charge in [-0.25, -0.2) is 0 Å². The summed E-state index contributed by atoms with van der Waals surface area (Å²) in [4.78, 5) is 0. The van der Waals surface area contributed by atoms with E-state index in [0.717, 1.165) is 25.9 Å². The van der Waals surface area contributed by atoms with Crippen LogP contribution in [0.15, 0.2) is 24.3 Å². The zero-order valence-corrected chi connectivity index (χ0v) is 10.9. The molecule has 1 aromatic carbocycles. The Kier molecular flexibility index (Phi) is 3.85. The van der Waals surface area contributed by atoms with Crippen molar-refractivity contribution >= 4 is 0 Å². The van der Waals surface area contributed by atoms with Gasteiger partial charge >= 0.3 is 0 Å². The van der Waals surface area contributed by atoms with Crippen LogP contribution in [0, 0.1) is 12.8 Å². The number of nitrogens with one attached hydrogen (secondary N) is 1. The lowest BCUT2D eigenvalue weighted by Crippen LogP contribution is -2.45. The molecule has 1 aromatic rings. The predicted molar refractivity (Wildman–Crippen MR) is 71.1 cm³/mol. The summed E-state index contributed by atoms with van der Waals surface area (Å²) in [6, 6.07) is 8.48. The zero-order chi connectivity index (χ0) is 12.3. The molecule has 2 N–H and O–H groups in total. The largest absolute Gasteiger partial charge is 0.389 e. The van der Waals surface area contributed by atoms with Crippen LogP contribution in [0.4, 0.5) is 0 Å². The molecule has 0 aromatic heterocycles. The van der Waals surface area contributed by atoms with Gasteiger partial charge in [-0.15, -0.1) is 0 Å². The van der Waals surface area contributed by atoms with Crippen molar-refractivity contribution in [2.45, 2.75) is 38.7 Å². The van der Waals surface area contributed by atoms with Gasteiger partial charge in [0.05, 0.1) is 5.60 Å². The molecule has 1 fully saturated rings. The molecule has 0 saturated carbocycles. The molecule has 2 unspecified atom stereocenters.